The first-order chi connectivity index (χ1) is 7.27. The molecule has 15 heavy (non-hydrogen) atoms. The standard InChI is InChI=1S/C10H15N3O2/c1-7-3-2-5-11-9(7)10(14)12-8-4-6-15-13-8/h4,6-7,9,11H,2-3,5H2,1H3,(H,12,13,14). The zero-order chi connectivity index (χ0) is 10.7. The SMILES string of the molecule is CC1CCCNC1C(=O)Nc1ccon1. The van der Waals surface area contributed by atoms with Crippen molar-refractivity contribution < 1.29 is 9.32 Å². The minimum absolute atomic E-state index is 0.0314. The summed E-state index contributed by atoms with van der Waals surface area (Å²) in [6.07, 6.45) is 3.66. The summed E-state index contributed by atoms with van der Waals surface area (Å²) in [5.41, 5.74) is 0. The van der Waals surface area contributed by atoms with Crippen molar-refractivity contribution in [3.05, 3.63) is 12.3 Å². The number of nitrogens with one attached hydrogen (secondary N) is 2. The van der Waals surface area contributed by atoms with Crippen molar-refractivity contribution in [1.82, 2.24) is 10.5 Å². The lowest BCUT2D eigenvalue weighted by Crippen LogP contribution is -2.48. The number of carbonyl (C=O) groups excluding carboxylic acids is 1. The predicted molar refractivity (Wildman–Crippen MR) is 55.3 cm³/mol. The van der Waals surface area contributed by atoms with Gasteiger partial charge in [0.2, 0.25) is 5.91 Å². The Bertz CT molecular complexity index is 323. The van der Waals surface area contributed by atoms with E-state index in [2.05, 4.69) is 27.2 Å². The van der Waals surface area contributed by atoms with Gasteiger partial charge in [-0.2, -0.15) is 0 Å². The monoisotopic (exact) mass is 209 g/mol. The molecule has 0 saturated carbocycles. The van der Waals surface area contributed by atoms with Crippen molar-refractivity contribution in [2.45, 2.75) is 25.8 Å². The van der Waals surface area contributed by atoms with Crippen LogP contribution < -0.4 is 10.6 Å². The van der Waals surface area contributed by atoms with E-state index in [1.165, 1.54) is 6.26 Å². The van der Waals surface area contributed by atoms with Crippen molar-refractivity contribution >= 4 is 11.7 Å². The van der Waals surface area contributed by atoms with Gasteiger partial charge < -0.3 is 15.2 Å². The van der Waals surface area contributed by atoms with E-state index < -0.39 is 0 Å². The van der Waals surface area contributed by atoms with Crippen LogP contribution in [0.3, 0.4) is 0 Å². The van der Waals surface area contributed by atoms with E-state index in [-0.39, 0.29) is 11.9 Å². The number of aromatic nitrogens is 1. The maximum Gasteiger partial charge on any atom is 0.243 e. The fourth-order valence-electron chi connectivity index (χ4n) is 1.88. The molecular weight excluding hydrogens is 194 g/mol. The Labute approximate surface area is 88.2 Å². The summed E-state index contributed by atoms with van der Waals surface area (Å²) in [4.78, 5) is 11.8. The molecule has 1 saturated heterocycles. The highest BCUT2D eigenvalue weighted by molar-refractivity contribution is 5.94. The number of hydrogen-bond acceptors (Lipinski definition) is 4. The molecule has 1 aliphatic rings. The molecule has 0 bridgehead atoms. The maximum absolute atomic E-state index is 11.8. The van der Waals surface area contributed by atoms with Crippen LogP contribution >= 0.6 is 0 Å². The van der Waals surface area contributed by atoms with Gasteiger partial charge in [-0.1, -0.05) is 12.1 Å². The number of rotatable bonds is 2. The van der Waals surface area contributed by atoms with Crippen LogP contribution in [0.4, 0.5) is 5.82 Å². The summed E-state index contributed by atoms with van der Waals surface area (Å²) in [5, 5.41) is 9.57. The van der Waals surface area contributed by atoms with E-state index in [0.29, 0.717) is 11.7 Å². The first-order valence-electron chi connectivity index (χ1n) is 5.22. The van der Waals surface area contributed by atoms with Gasteiger partial charge in [0.25, 0.3) is 0 Å². The predicted octanol–water partition coefficient (Wildman–Crippen LogP) is 1.00. The third-order valence-corrected chi connectivity index (χ3v) is 2.74. The van der Waals surface area contributed by atoms with Crippen LogP contribution in [0.5, 0.6) is 0 Å². The number of piperidine rings is 1. The molecular formula is C10H15N3O2. The van der Waals surface area contributed by atoms with E-state index in [9.17, 15) is 4.79 Å². The van der Waals surface area contributed by atoms with E-state index in [0.717, 1.165) is 19.4 Å². The Hall–Kier alpha value is -1.36. The average molecular weight is 209 g/mol. The molecule has 5 heteroatoms. The van der Waals surface area contributed by atoms with E-state index in [4.69, 9.17) is 0 Å². The first kappa shape index (κ1) is 10.2. The Morgan fingerprint density at radius 2 is 2.60 bits per heavy atom. The number of amides is 1. The molecule has 2 atom stereocenters. The molecule has 0 spiro atoms. The lowest BCUT2D eigenvalue weighted by molar-refractivity contribution is -0.119. The second-order valence-electron chi connectivity index (χ2n) is 3.93. The molecule has 2 unspecified atom stereocenters. The van der Waals surface area contributed by atoms with Crippen molar-refractivity contribution in [3.63, 3.8) is 0 Å². The largest absolute Gasteiger partial charge is 0.363 e. The lowest BCUT2D eigenvalue weighted by atomic mass is 9.92. The van der Waals surface area contributed by atoms with Gasteiger partial charge in [0.1, 0.15) is 6.26 Å². The Morgan fingerprint density at radius 1 is 1.73 bits per heavy atom. The van der Waals surface area contributed by atoms with Crippen LogP contribution in [0.15, 0.2) is 16.9 Å². The van der Waals surface area contributed by atoms with Gasteiger partial charge in [0.15, 0.2) is 5.82 Å². The van der Waals surface area contributed by atoms with Gasteiger partial charge in [-0.3, -0.25) is 4.79 Å². The van der Waals surface area contributed by atoms with Crippen LogP contribution in [0, 0.1) is 5.92 Å². The summed E-state index contributed by atoms with van der Waals surface area (Å²) in [7, 11) is 0. The number of anilines is 1. The van der Waals surface area contributed by atoms with Gasteiger partial charge in [-0.05, 0) is 25.3 Å². The third-order valence-electron chi connectivity index (χ3n) is 2.74. The van der Waals surface area contributed by atoms with Crippen LogP contribution in [0.1, 0.15) is 19.8 Å². The van der Waals surface area contributed by atoms with Gasteiger partial charge in [-0.15, -0.1) is 0 Å². The minimum atomic E-state index is -0.115. The van der Waals surface area contributed by atoms with Gasteiger partial charge in [0, 0.05) is 6.07 Å². The zero-order valence-corrected chi connectivity index (χ0v) is 8.69. The molecule has 1 aromatic rings. The maximum atomic E-state index is 11.8. The van der Waals surface area contributed by atoms with Crippen molar-refractivity contribution in [2.75, 3.05) is 11.9 Å². The molecule has 2 N–H and O–H groups in total. The Morgan fingerprint density at radius 3 is 3.27 bits per heavy atom. The summed E-state index contributed by atoms with van der Waals surface area (Å²) in [5.74, 6) is 0.807. The minimum Gasteiger partial charge on any atom is -0.363 e. The topological polar surface area (TPSA) is 67.2 Å². The number of nitrogens with zero attached hydrogens (tertiary/aromatic N) is 1. The van der Waals surface area contributed by atoms with Gasteiger partial charge in [0.05, 0.1) is 6.04 Å². The fourth-order valence-corrected chi connectivity index (χ4v) is 1.88. The quantitative estimate of drug-likeness (QED) is 0.762. The molecule has 2 heterocycles. The molecule has 1 aromatic heterocycles. The number of carbonyl (C=O) groups is 1. The smallest absolute Gasteiger partial charge is 0.243 e. The van der Waals surface area contributed by atoms with Crippen LogP contribution in [-0.2, 0) is 4.79 Å². The van der Waals surface area contributed by atoms with E-state index in [1.807, 2.05) is 0 Å². The highest BCUT2D eigenvalue weighted by Gasteiger charge is 2.27. The van der Waals surface area contributed by atoms with Crippen molar-refractivity contribution in [2.24, 2.45) is 5.92 Å². The normalized spacial score (nSPS) is 26.2. The van der Waals surface area contributed by atoms with Crippen molar-refractivity contribution in [1.29, 1.82) is 0 Å². The summed E-state index contributed by atoms with van der Waals surface area (Å²) in [6.45, 7) is 2.99. The summed E-state index contributed by atoms with van der Waals surface area (Å²) < 4.78 is 4.64. The number of hydrogen-bond donors (Lipinski definition) is 2. The zero-order valence-electron chi connectivity index (χ0n) is 8.69. The van der Waals surface area contributed by atoms with Crippen LogP contribution in [-0.4, -0.2) is 23.7 Å². The van der Waals surface area contributed by atoms with Crippen LogP contribution in [0.2, 0.25) is 0 Å². The Balaban J connectivity index is 1.95. The molecule has 1 aliphatic heterocycles. The van der Waals surface area contributed by atoms with Crippen molar-refractivity contribution in [3.8, 4) is 0 Å². The molecule has 2 rings (SSSR count). The molecule has 0 aromatic carbocycles. The summed E-state index contributed by atoms with van der Waals surface area (Å²) >= 11 is 0. The summed E-state index contributed by atoms with van der Waals surface area (Å²) in [6, 6.07) is 1.52. The molecule has 0 radical (unpaired) electrons. The molecule has 0 aliphatic carbocycles. The van der Waals surface area contributed by atoms with E-state index >= 15 is 0 Å². The molecule has 5 nitrogen and oxygen atoms in total. The fraction of sp³-hybridized carbons (Fsp3) is 0.600. The lowest BCUT2D eigenvalue weighted by Gasteiger charge is -2.28. The first-order valence-corrected chi connectivity index (χ1v) is 5.22. The van der Waals surface area contributed by atoms with E-state index in [1.54, 1.807) is 6.07 Å². The molecule has 1 fully saturated rings. The highest BCUT2D eigenvalue weighted by Crippen LogP contribution is 2.16. The van der Waals surface area contributed by atoms with Gasteiger partial charge >= 0.3 is 0 Å². The Kier molecular flexibility index (Phi) is 3.01. The average Bonchev–Trinajstić information content (AvgIpc) is 2.71. The third kappa shape index (κ3) is 2.36. The second-order valence-corrected chi connectivity index (χ2v) is 3.93. The molecule has 82 valence electrons. The molecule has 1 amide bonds. The second kappa shape index (κ2) is 4.44. The van der Waals surface area contributed by atoms with Crippen LogP contribution in [0.25, 0.3) is 0 Å². The highest BCUT2D eigenvalue weighted by atomic mass is 16.5. The van der Waals surface area contributed by atoms with Gasteiger partial charge in [-0.25, -0.2) is 0 Å².